The quantitative estimate of drug-likeness (QED) is 0.352. The Hall–Kier alpha value is -1.55. The van der Waals surface area contributed by atoms with Crippen LogP contribution in [0.15, 0.2) is 12.4 Å². The predicted molar refractivity (Wildman–Crippen MR) is 53.1 cm³/mol. The molecule has 0 spiro atoms. The van der Waals surface area contributed by atoms with E-state index in [1.165, 1.54) is 12.4 Å². The van der Waals surface area contributed by atoms with E-state index in [4.69, 9.17) is 10.8 Å². The van der Waals surface area contributed by atoms with E-state index < -0.39 is 30.4 Å². The third-order valence-electron chi connectivity index (χ3n) is 2.21. The van der Waals surface area contributed by atoms with Crippen LogP contribution in [0.1, 0.15) is 12.6 Å². The number of carbonyl (C=O) groups excluding carboxylic acids is 1. The van der Waals surface area contributed by atoms with Gasteiger partial charge in [0.15, 0.2) is 12.3 Å². The van der Waals surface area contributed by atoms with Gasteiger partial charge in [0, 0.05) is 12.6 Å². The minimum Gasteiger partial charge on any atom is -0.390 e. The number of hydrogen-bond donors (Lipinski definition) is 5. The Balaban J connectivity index is 2.54. The zero-order valence-electron chi connectivity index (χ0n) is 8.79. The fourth-order valence-corrected chi connectivity index (χ4v) is 1.22. The lowest BCUT2D eigenvalue weighted by Crippen LogP contribution is -2.46. The van der Waals surface area contributed by atoms with E-state index in [0.717, 1.165) is 4.68 Å². The van der Waals surface area contributed by atoms with Crippen LogP contribution in [0.5, 0.6) is 0 Å². The minimum atomic E-state index is -1.90. The Bertz CT molecular complexity index is 357. The van der Waals surface area contributed by atoms with Crippen LogP contribution in [0.2, 0.25) is 0 Å². The summed E-state index contributed by atoms with van der Waals surface area (Å²) in [6, 6.07) is 0. The summed E-state index contributed by atoms with van der Waals surface area (Å²) in [5, 5.41) is 44.4. The highest BCUT2D eigenvalue weighted by Gasteiger charge is 2.30. The fourth-order valence-electron chi connectivity index (χ4n) is 1.22. The summed E-state index contributed by atoms with van der Waals surface area (Å²) in [5.41, 5.74) is 4.75. The van der Waals surface area contributed by atoms with E-state index in [1.807, 2.05) is 0 Å². The number of aromatic nitrogens is 3. The number of carbonyl (C=O) groups is 1. The van der Waals surface area contributed by atoms with Gasteiger partial charge in [-0.05, 0) is 0 Å². The molecule has 1 amide bonds. The van der Waals surface area contributed by atoms with Gasteiger partial charge in [-0.3, -0.25) is 4.79 Å². The number of aliphatic hydroxyl groups excluding tert-OH is 4. The SMILES string of the molecule is NC(=O)[C@H](O)[C@@H](O)[C@@H](O)CC(O)n1ccnn1. The van der Waals surface area contributed by atoms with Gasteiger partial charge in [0.25, 0.3) is 0 Å². The van der Waals surface area contributed by atoms with Crippen molar-refractivity contribution in [3.8, 4) is 0 Å². The number of amides is 1. The van der Waals surface area contributed by atoms with Crippen molar-refractivity contribution >= 4 is 5.91 Å². The van der Waals surface area contributed by atoms with Crippen LogP contribution >= 0.6 is 0 Å². The number of hydrogen-bond acceptors (Lipinski definition) is 7. The first-order valence-corrected chi connectivity index (χ1v) is 4.81. The van der Waals surface area contributed by atoms with Gasteiger partial charge in [-0.15, -0.1) is 5.10 Å². The molecule has 0 aliphatic heterocycles. The van der Waals surface area contributed by atoms with Gasteiger partial charge >= 0.3 is 0 Å². The van der Waals surface area contributed by atoms with Crippen LogP contribution in [0.4, 0.5) is 0 Å². The lowest BCUT2D eigenvalue weighted by atomic mass is 10.0. The van der Waals surface area contributed by atoms with Crippen LogP contribution in [-0.2, 0) is 4.79 Å². The molecule has 17 heavy (non-hydrogen) atoms. The van der Waals surface area contributed by atoms with E-state index >= 15 is 0 Å². The second-order valence-electron chi connectivity index (χ2n) is 3.50. The lowest BCUT2D eigenvalue weighted by molar-refractivity contribution is -0.139. The summed E-state index contributed by atoms with van der Waals surface area (Å²) < 4.78 is 1.05. The summed E-state index contributed by atoms with van der Waals surface area (Å²) >= 11 is 0. The molecule has 1 heterocycles. The average molecular weight is 246 g/mol. The van der Waals surface area contributed by atoms with Crippen LogP contribution in [-0.4, -0.2) is 59.6 Å². The molecule has 4 atom stereocenters. The highest BCUT2D eigenvalue weighted by molar-refractivity contribution is 5.79. The van der Waals surface area contributed by atoms with E-state index in [0.29, 0.717) is 0 Å². The molecule has 0 fully saturated rings. The number of nitrogens with two attached hydrogens (primary N) is 1. The fraction of sp³-hybridized carbons (Fsp3) is 0.625. The second-order valence-corrected chi connectivity index (χ2v) is 3.50. The second kappa shape index (κ2) is 5.68. The molecular weight excluding hydrogens is 232 g/mol. The van der Waals surface area contributed by atoms with E-state index in [9.17, 15) is 20.1 Å². The summed E-state index contributed by atoms with van der Waals surface area (Å²) in [6.07, 6.45) is -4.09. The Morgan fingerprint density at radius 2 is 2.00 bits per heavy atom. The molecule has 0 bridgehead atoms. The highest BCUT2D eigenvalue weighted by Crippen LogP contribution is 2.13. The van der Waals surface area contributed by atoms with E-state index in [-0.39, 0.29) is 6.42 Å². The lowest BCUT2D eigenvalue weighted by Gasteiger charge is -2.22. The molecule has 0 aliphatic carbocycles. The molecule has 1 rings (SSSR count). The third kappa shape index (κ3) is 3.46. The highest BCUT2D eigenvalue weighted by atomic mass is 16.4. The zero-order chi connectivity index (χ0) is 13.0. The van der Waals surface area contributed by atoms with Crippen LogP contribution in [0, 0.1) is 0 Å². The molecule has 9 nitrogen and oxygen atoms in total. The summed E-state index contributed by atoms with van der Waals surface area (Å²) in [4.78, 5) is 10.6. The molecule has 9 heteroatoms. The maximum absolute atomic E-state index is 10.6. The number of nitrogens with zero attached hydrogens (tertiary/aromatic N) is 3. The summed E-state index contributed by atoms with van der Waals surface area (Å²) in [6.45, 7) is 0. The summed E-state index contributed by atoms with van der Waals surface area (Å²) in [5.74, 6) is -1.16. The Morgan fingerprint density at radius 1 is 1.35 bits per heavy atom. The first-order chi connectivity index (χ1) is 7.93. The molecule has 6 N–H and O–H groups in total. The number of aliphatic hydroxyl groups is 4. The standard InChI is InChI=1S/C8H14N4O5/c9-8(17)7(16)6(15)4(13)3-5(14)12-2-1-10-11-12/h1-2,4-7,13-16H,3H2,(H2,9,17)/t4-,5?,6-,7+/m0/s1. The predicted octanol–water partition coefficient (Wildman–Crippen LogP) is -3.27. The summed E-state index contributed by atoms with van der Waals surface area (Å²) in [7, 11) is 0. The molecule has 0 radical (unpaired) electrons. The van der Waals surface area contributed by atoms with Gasteiger partial charge < -0.3 is 26.2 Å². The van der Waals surface area contributed by atoms with Crippen LogP contribution < -0.4 is 5.73 Å². The Morgan fingerprint density at radius 3 is 2.47 bits per heavy atom. The maximum atomic E-state index is 10.6. The first kappa shape index (κ1) is 13.5. The van der Waals surface area contributed by atoms with Gasteiger partial charge in [0.2, 0.25) is 5.91 Å². The molecular formula is C8H14N4O5. The van der Waals surface area contributed by atoms with Gasteiger partial charge in [0.1, 0.15) is 6.10 Å². The monoisotopic (exact) mass is 246 g/mol. The normalized spacial score (nSPS) is 18.4. The molecule has 1 aromatic heterocycles. The van der Waals surface area contributed by atoms with Crippen molar-refractivity contribution in [3.63, 3.8) is 0 Å². The minimum absolute atomic E-state index is 0.338. The van der Waals surface area contributed by atoms with Crippen molar-refractivity contribution < 1.29 is 25.2 Å². The molecule has 1 unspecified atom stereocenters. The van der Waals surface area contributed by atoms with Crippen molar-refractivity contribution in [2.45, 2.75) is 31.0 Å². The smallest absolute Gasteiger partial charge is 0.249 e. The van der Waals surface area contributed by atoms with Crippen molar-refractivity contribution in [2.24, 2.45) is 5.73 Å². The molecule has 0 aliphatic rings. The topological polar surface area (TPSA) is 155 Å². The largest absolute Gasteiger partial charge is 0.390 e. The molecule has 0 saturated carbocycles. The Labute approximate surface area is 96.1 Å². The number of primary amides is 1. The maximum Gasteiger partial charge on any atom is 0.249 e. The number of rotatable bonds is 6. The van der Waals surface area contributed by atoms with E-state index in [2.05, 4.69) is 10.3 Å². The van der Waals surface area contributed by atoms with Crippen molar-refractivity contribution in [1.82, 2.24) is 15.0 Å². The van der Waals surface area contributed by atoms with Crippen molar-refractivity contribution in [3.05, 3.63) is 12.4 Å². The third-order valence-corrected chi connectivity index (χ3v) is 2.21. The van der Waals surface area contributed by atoms with Crippen LogP contribution in [0.25, 0.3) is 0 Å². The molecule has 96 valence electrons. The van der Waals surface area contributed by atoms with Gasteiger partial charge in [-0.25, -0.2) is 4.68 Å². The van der Waals surface area contributed by atoms with Crippen molar-refractivity contribution in [1.29, 1.82) is 0 Å². The molecule has 1 aromatic rings. The van der Waals surface area contributed by atoms with E-state index in [1.54, 1.807) is 0 Å². The zero-order valence-corrected chi connectivity index (χ0v) is 8.79. The van der Waals surface area contributed by atoms with Gasteiger partial charge in [-0.2, -0.15) is 0 Å². The molecule has 0 aromatic carbocycles. The Kier molecular flexibility index (Phi) is 4.52. The van der Waals surface area contributed by atoms with Crippen LogP contribution in [0.3, 0.4) is 0 Å². The van der Waals surface area contributed by atoms with Gasteiger partial charge in [-0.1, -0.05) is 5.21 Å². The first-order valence-electron chi connectivity index (χ1n) is 4.81. The van der Waals surface area contributed by atoms with Gasteiger partial charge in [0.05, 0.1) is 12.3 Å². The average Bonchev–Trinajstić information content (AvgIpc) is 2.80. The molecule has 0 saturated heterocycles. The van der Waals surface area contributed by atoms with Crippen molar-refractivity contribution in [2.75, 3.05) is 0 Å².